The lowest BCUT2D eigenvalue weighted by molar-refractivity contribution is 0.752. The molecule has 0 aliphatic rings. The maximum atomic E-state index is 5.74. The minimum atomic E-state index is 0.466. The largest absolute Gasteiger partial charge is 0.327 e. The molecule has 2 nitrogen and oxygen atoms in total. The highest BCUT2D eigenvalue weighted by Crippen LogP contribution is 2.16. The first-order valence-corrected chi connectivity index (χ1v) is 5.97. The van der Waals surface area contributed by atoms with Crippen molar-refractivity contribution < 1.29 is 0 Å². The van der Waals surface area contributed by atoms with Crippen LogP contribution in [0.15, 0.2) is 42.0 Å². The Hall–Kier alpha value is -1.67. The molecule has 0 saturated heterocycles. The summed E-state index contributed by atoms with van der Waals surface area (Å²) in [5.41, 5.74) is 8.98. The van der Waals surface area contributed by atoms with Crippen LogP contribution in [0.3, 0.4) is 0 Å². The van der Waals surface area contributed by atoms with Crippen LogP contribution in [0.5, 0.6) is 0 Å². The summed E-state index contributed by atoms with van der Waals surface area (Å²) in [7, 11) is 0. The molecule has 0 spiro atoms. The SMILES string of the molecule is CC(C)C(=Cc1ccc2ccccc2n1)CN. The van der Waals surface area contributed by atoms with Crippen molar-refractivity contribution in [2.75, 3.05) is 6.54 Å². The van der Waals surface area contributed by atoms with E-state index < -0.39 is 0 Å². The van der Waals surface area contributed by atoms with Gasteiger partial charge in [0.1, 0.15) is 0 Å². The van der Waals surface area contributed by atoms with E-state index >= 15 is 0 Å². The zero-order chi connectivity index (χ0) is 12.3. The van der Waals surface area contributed by atoms with Crippen LogP contribution in [0, 0.1) is 5.92 Å². The number of aromatic nitrogens is 1. The molecule has 0 unspecified atom stereocenters. The number of rotatable bonds is 3. The quantitative estimate of drug-likeness (QED) is 0.872. The maximum absolute atomic E-state index is 5.74. The van der Waals surface area contributed by atoms with Gasteiger partial charge in [0.05, 0.1) is 11.2 Å². The van der Waals surface area contributed by atoms with Crippen molar-refractivity contribution in [2.45, 2.75) is 13.8 Å². The summed E-state index contributed by atoms with van der Waals surface area (Å²) in [6.45, 7) is 4.89. The van der Waals surface area contributed by atoms with Crippen LogP contribution in [0.25, 0.3) is 17.0 Å². The molecule has 2 N–H and O–H groups in total. The molecule has 17 heavy (non-hydrogen) atoms. The normalized spacial score (nSPS) is 12.4. The van der Waals surface area contributed by atoms with Gasteiger partial charge in [0.25, 0.3) is 0 Å². The summed E-state index contributed by atoms with van der Waals surface area (Å²) in [6, 6.07) is 12.3. The Kier molecular flexibility index (Phi) is 3.55. The van der Waals surface area contributed by atoms with Crippen molar-refractivity contribution in [2.24, 2.45) is 11.7 Å². The summed E-state index contributed by atoms with van der Waals surface area (Å²) in [6.07, 6.45) is 2.09. The Morgan fingerprint density at radius 1 is 1.24 bits per heavy atom. The van der Waals surface area contributed by atoms with Crippen molar-refractivity contribution in [3.63, 3.8) is 0 Å². The molecule has 1 heterocycles. The smallest absolute Gasteiger partial charge is 0.0709 e. The van der Waals surface area contributed by atoms with E-state index in [0.29, 0.717) is 12.5 Å². The van der Waals surface area contributed by atoms with Gasteiger partial charge in [0.15, 0.2) is 0 Å². The molecule has 0 saturated carbocycles. The molecule has 2 aromatic rings. The van der Waals surface area contributed by atoms with Crippen LogP contribution in [0.2, 0.25) is 0 Å². The number of benzene rings is 1. The van der Waals surface area contributed by atoms with Crippen molar-refractivity contribution in [3.8, 4) is 0 Å². The molecule has 0 atom stereocenters. The van der Waals surface area contributed by atoms with Gasteiger partial charge in [-0.2, -0.15) is 0 Å². The molecule has 2 rings (SSSR count). The number of nitrogens with two attached hydrogens (primary N) is 1. The highest BCUT2D eigenvalue weighted by atomic mass is 14.7. The molecule has 0 amide bonds. The molecule has 0 bridgehead atoms. The second-order valence-electron chi connectivity index (χ2n) is 4.51. The third-order valence-corrected chi connectivity index (χ3v) is 2.93. The summed E-state index contributed by atoms with van der Waals surface area (Å²) in [5, 5.41) is 1.17. The van der Waals surface area contributed by atoms with E-state index in [1.165, 1.54) is 11.0 Å². The van der Waals surface area contributed by atoms with Crippen LogP contribution in [0.1, 0.15) is 19.5 Å². The van der Waals surface area contributed by atoms with Gasteiger partial charge < -0.3 is 5.73 Å². The Labute approximate surface area is 102 Å². The van der Waals surface area contributed by atoms with Gasteiger partial charge in [-0.3, -0.25) is 0 Å². The van der Waals surface area contributed by atoms with Crippen LogP contribution >= 0.6 is 0 Å². The number of hydrogen-bond acceptors (Lipinski definition) is 2. The zero-order valence-electron chi connectivity index (χ0n) is 10.4. The topological polar surface area (TPSA) is 38.9 Å². The fourth-order valence-electron chi connectivity index (χ4n) is 1.81. The van der Waals surface area contributed by atoms with Gasteiger partial charge in [-0.15, -0.1) is 0 Å². The first-order chi connectivity index (χ1) is 8.20. The summed E-state index contributed by atoms with van der Waals surface area (Å²) < 4.78 is 0. The second-order valence-corrected chi connectivity index (χ2v) is 4.51. The van der Waals surface area contributed by atoms with E-state index in [1.54, 1.807) is 0 Å². The van der Waals surface area contributed by atoms with Crippen molar-refractivity contribution in [1.82, 2.24) is 4.98 Å². The molecular formula is C15H18N2. The Morgan fingerprint density at radius 2 is 2.00 bits per heavy atom. The number of hydrogen-bond donors (Lipinski definition) is 1. The third-order valence-electron chi connectivity index (χ3n) is 2.93. The highest BCUT2D eigenvalue weighted by Gasteiger charge is 2.02. The predicted molar refractivity (Wildman–Crippen MR) is 73.6 cm³/mol. The fourth-order valence-corrected chi connectivity index (χ4v) is 1.81. The molecule has 0 fully saturated rings. The van der Waals surface area contributed by atoms with E-state index in [4.69, 9.17) is 5.73 Å². The molecule has 1 aromatic heterocycles. The average Bonchev–Trinajstić information content (AvgIpc) is 2.35. The number of fused-ring (bicyclic) bond motifs is 1. The Balaban J connectivity index is 2.43. The molecule has 88 valence electrons. The van der Waals surface area contributed by atoms with Gasteiger partial charge in [-0.05, 0) is 24.1 Å². The summed E-state index contributed by atoms with van der Waals surface area (Å²) in [4.78, 5) is 4.61. The molecular weight excluding hydrogens is 208 g/mol. The molecule has 1 aromatic carbocycles. The van der Waals surface area contributed by atoms with E-state index in [2.05, 4.69) is 37.0 Å². The lowest BCUT2D eigenvalue weighted by Gasteiger charge is -2.08. The van der Waals surface area contributed by atoms with Gasteiger partial charge in [-0.1, -0.05) is 43.7 Å². The molecule has 0 aliphatic carbocycles. The summed E-state index contributed by atoms with van der Waals surface area (Å²) in [5.74, 6) is 0.466. The first-order valence-electron chi connectivity index (χ1n) is 5.97. The molecule has 2 heteroatoms. The number of para-hydroxylation sites is 1. The van der Waals surface area contributed by atoms with E-state index in [1.807, 2.05) is 24.3 Å². The van der Waals surface area contributed by atoms with Crippen LogP contribution in [0.4, 0.5) is 0 Å². The summed E-state index contributed by atoms with van der Waals surface area (Å²) >= 11 is 0. The average molecular weight is 226 g/mol. The van der Waals surface area contributed by atoms with Gasteiger partial charge in [-0.25, -0.2) is 4.98 Å². The number of pyridine rings is 1. The lowest BCUT2D eigenvalue weighted by atomic mass is 10.0. The van der Waals surface area contributed by atoms with Crippen LogP contribution in [-0.4, -0.2) is 11.5 Å². The first kappa shape index (κ1) is 11.8. The fraction of sp³-hybridized carbons (Fsp3) is 0.267. The molecule has 0 aliphatic heterocycles. The Bertz CT molecular complexity index is 541. The van der Waals surface area contributed by atoms with Crippen molar-refractivity contribution >= 4 is 17.0 Å². The Morgan fingerprint density at radius 3 is 2.71 bits per heavy atom. The monoisotopic (exact) mass is 226 g/mol. The van der Waals surface area contributed by atoms with E-state index in [-0.39, 0.29) is 0 Å². The van der Waals surface area contributed by atoms with Crippen molar-refractivity contribution in [1.29, 1.82) is 0 Å². The molecule has 0 radical (unpaired) electrons. The lowest BCUT2D eigenvalue weighted by Crippen LogP contribution is -2.08. The second kappa shape index (κ2) is 5.11. The minimum absolute atomic E-state index is 0.466. The van der Waals surface area contributed by atoms with Crippen LogP contribution in [-0.2, 0) is 0 Å². The maximum Gasteiger partial charge on any atom is 0.0709 e. The minimum Gasteiger partial charge on any atom is -0.327 e. The predicted octanol–water partition coefficient (Wildman–Crippen LogP) is 3.23. The standard InChI is InChI=1S/C15H18N2/c1-11(2)13(10-16)9-14-8-7-12-5-3-4-6-15(12)17-14/h3-9,11H,10,16H2,1-2H3. The van der Waals surface area contributed by atoms with Crippen molar-refractivity contribution in [3.05, 3.63) is 47.7 Å². The van der Waals surface area contributed by atoms with Gasteiger partial charge in [0, 0.05) is 11.9 Å². The highest BCUT2D eigenvalue weighted by molar-refractivity contribution is 5.79. The van der Waals surface area contributed by atoms with E-state index in [0.717, 1.165) is 11.2 Å². The number of nitrogens with zero attached hydrogens (tertiary/aromatic N) is 1. The van der Waals surface area contributed by atoms with Crippen LogP contribution < -0.4 is 5.73 Å². The van der Waals surface area contributed by atoms with E-state index in [9.17, 15) is 0 Å². The zero-order valence-corrected chi connectivity index (χ0v) is 10.4. The van der Waals surface area contributed by atoms with Gasteiger partial charge in [0.2, 0.25) is 0 Å². The third kappa shape index (κ3) is 2.71. The van der Waals surface area contributed by atoms with Gasteiger partial charge >= 0.3 is 0 Å².